The summed E-state index contributed by atoms with van der Waals surface area (Å²) in [6.45, 7) is 17.0. The minimum atomic E-state index is -2.02. The maximum absolute atomic E-state index is 10.9. The maximum Gasteiger partial charge on any atom is 0.508 e. The lowest BCUT2D eigenvalue weighted by molar-refractivity contribution is -0.0988. The molecule has 0 saturated heterocycles. The Hall–Kier alpha value is -1.33. The standard InChI is InChI=1S/C19H34O6Si/c1-15(2)17(25-26(8,9)19(3,4)5)16(24-14-21-6)12-10-11-13-23-18(20)22-7/h16-17H,1,12-14H2,2-9H3/t16-,17-/m1/s1. The van der Waals surface area contributed by atoms with Crippen LogP contribution in [-0.2, 0) is 23.4 Å². The van der Waals surface area contributed by atoms with Crippen LogP contribution >= 0.6 is 0 Å². The first-order valence-corrected chi connectivity index (χ1v) is 11.5. The first-order chi connectivity index (χ1) is 12.0. The Balaban J connectivity index is 5.15. The quantitative estimate of drug-likeness (QED) is 0.195. The van der Waals surface area contributed by atoms with Crippen molar-refractivity contribution in [1.29, 1.82) is 0 Å². The highest BCUT2D eigenvalue weighted by atomic mass is 28.4. The molecule has 0 aromatic carbocycles. The Bertz CT molecular complexity index is 512. The summed E-state index contributed by atoms with van der Waals surface area (Å²) < 4.78 is 26.5. The lowest BCUT2D eigenvalue weighted by Gasteiger charge is -2.41. The summed E-state index contributed by atoms with van der Waals surface area (Å²) >= 11 is 0. The second-order valence-corrected chi connectivity index (χ2v) is 12.3. The molecule has 7 heteroatoms. The van der Waals surface area contributed by atoms with E-state index >= 15 is 0 Å². The van der Waals surface area contributed by atoms with E-state index in [-0.39, 0.29) is 30.6 Å². The van der Waals surface area contributed by atoms with Gasteiger partial charge in [-0.2, -0.15) is 0 Å². The fraction of sp³-hybridized carbons (Fsp3) is 0.737. The summed E-state index contributed by atoms with van der Waals surface area (Å²) in [6.07, 6.45) is -0.971. The molecule has 0 fully saturated rings. The fourth-order valence-corrected chi connectivity index (χ4v) is 3.12. The van der Waals surface area contributed by atoms with Gasteiger partial charge in [0.1, 0.15) is 12.9 Å². The van der Waals surface area contributed by atoms with Crippen LogP contribution < -0.4 is 0 Å². The summed E-state index contributed by atoms with van der Waals surface area (Å²) in [7, 11) is 0.794. The smallest absolute Gasteiger partial charge is 0.438 e. The molecule has 0 heterocycles. The third-order valence-electron chi connectivity index (χ3n) is 4.31. The molecule has 0 bridgehead atoms. The molecule has 26 heavy (non-hydrogen) atoms. The molecule has 0 radical (unpaired) electrons. The van der Waals surface area contributed by atoms with Gasteiger partial charge in [-0.15, -0.1) is 0 Å². The van der Waals surface area contributed by atoms with Gasteiger partial charge in [0.15, 0.2) is 14.9 Å². The van der Waals surface area contributed by atoms with Gasteiger partial charge >= 0.3 is 6.16 Å². The second-order valence-electron chi connectivity index (χ2n) is 7.56. The van der Waals surface area contributed by atoms with E-state index in [1.165, 1.54) is 7.11 Å². The number of hydrogen-bond donors (Lipinski definition) is 0. The summed E-state index contributed by atoms with van der Waals surface area (Å²) in [6, 6.07) is 0. The van der Waals surface area contributed by atoms with Crippen LogP contribution in [0.15, 0.2) is 12.2 Å². The number of rotatable bonds is 9. The van der Waals surface area contributed by atoms with Crippen molar-refractivity contribution in [2.45, 2.75) is 64.5 Å². The van der Waals surface area contributed by atoms with E-state index in [0.29, 0.717) is 6.42 Å². The normalized spacial score (nSPS) is 14.0. The van der Waals surface area contributed by atoms with E-state index in [2.05, 4.69) is 57.0 Å². The predicted molar refractivity (Wildman–Crippen MR) is 104 cm³/mol. The van der Waals surface area contributed by atoms with Gasteiger partial charge in [-0.3, -0.25) is 0 Å². The Kier molecular flexibility index (Phi) is 10.8. The Morgan fingerprint density at radius 1 is 1.19 bits per heavy atom. The zero-order valence-electron chi connectivity index (χ0n) is 17.4. The maximum atomic E-state index is 10.9. The second kappa shape index (κ2) is 11.4. The van der Waals surface area contributed by atoms with Crippen LogP contribution in [0.1, 0.15) is 34.1 Å². The monoisotopic (exact) mass is 386 g/mol. The van der Waals surface area contributed by atoms with E-state index in [0.717, 1.165) is 5.57 Å². The number of ether oxygens (including phenoxy) is 4. The minimum absolute atomic E-state index is 0.0372. The van der Waals surface area contributed by atoms with Gasteiger partial charge in [0, 0.05) is 13.5 Å². The molecule has 0 aliphatic heterocycles. The van der Waals surface area contributed by atoms with Crippen molar-refractivity contribution in [3.05, 3.63) is 12.2 Å². The first-order valence-electron chi connectivity index (χ1n) is 8.56. The molecule has 0 saturated carbocycles. The van der Waals surface area contributed by atoms with E-state index in [4.69, 9.17) is 18.6 Å². The van der Waals surface area contributed by atoms with Gasteiger partial charge in [-0.25, -0.2) is 4.79 Å². The number of carbonyl (C=O) groups excluding carboxylic acids is 1. The number of hydrogen-bond acceptors (Lipinski definition) is 6. The van der Waals surface area contributed by atoms with Gasteiger partial charge < -0.3 is 23.4 Å². The molecule has 6 nitrogen and oxygen atoms in total. The molecular weight excluding hydrogens is 352 g/mol. The van der Waals surface area contributed by atoms with Crippen molar-refractivity contribution >= 4 is 14.5 Å². The highest BCUT2D eigenvalue weighted by Gasteiger charge is 2.41. The van der Waals surface area contributed by atoms with Crippen LogP contribution in [-0.4, -0.2) is 54.3 Å². The van der Waals surface area contributed by atoms with E-state index in [9.17, 15) is 4.79 Å². The lowest BCUT2D eigenvalue weighted by Crippen LogP contribution is -2.48. The highest BCUT2D eigenvalue weighted by Crippen LogP contribution is 2.38. The largest absolute Gasteiger partial charge is 0.508 e. The molecule has 0 amide bonds. The Morgan fingerprint density at radius 2 is 1.81 bits per heavy atom. The van der Waals surface area contributed by atoms with E-state index in [1.807, 2.05) is 6.92 Å². The predicted octanol–water partition coefficient (Wildman–Crippen LogP) is 4.12. The van der Waals surface area contributed by atoms with E-state index < -0.39 is 14.5 Å². The van der Waals surface area contributed by atoms with E-state index in [1.54, 1.807) is 7.11 Å². The summed E-state index contributed by atoms with van der Waals surface area (Å²) in [4.78, 5) is 10.9. The molecule has 0 aromatic rings. The Labute approximate surface area is 159 Å². The number of methoxy groups -OCH3 is 2. The van der Waals surface area contributed by atoms with Crippen LogP contribution in [0, 0.1) is 11.8 Å². The number of carbonyl (C=O) groups is 1. The highest BCUT2D eigenvalue weighted by molar-refractivity contribution is 6.74. The van der Waals surface area contributed by atoms with Crippen molar-refractivity contribution in [3.63, 3.8) is 0 Å². The average Bonchev–Trinajstić information content (AvgIpc) is 2.53. The molecule has 2 atom stereocenters. The molecule has 0 unspecified atom stereocenters. The first kappa shape index (κ1) is 24.7. The van der Waals surface area contributed by atoms with Crippen molar-refractivity contribution < 1.29 is 28.2 Å². The zero-order chi connectivity index (χ0) is 20.4. The fourth-order valence-electron chi connectivity index (χ4n) is 1.77. The molecule has 150 valence electrons. The molecule has 0 aliphatic carbocycles. The summed E-state index contributed by atoms with van der Waals surface area (Å²) in [5.41, 5.74) is 0.878. The van der Waals surface area contributed by atoms with Gasteiger partial charge in [-0.1, -0.05) is 44.8 Å². The minimum Gasteiger partial charge on any atom is -0.438 e. The molecule has 0 spiro atoms. The van der Waals surface area contributed by atoms with Crippen molar-refractivity contribution in [1.82, 2.24) is 0 Å². The lowest BCUT2D eigenvalue weighted by atomic mass is 10.1. The Morgan fingerprint density at radius 3 is 2.27 bits per heavy atom. The molecule has 0 rings (SSSR count). The van der Waals surface area contributed by atoms with Crippen LogP contribution in [0.5, 0.6) is 0 Å². The average molecular weight is 387 g/mol. The van der Waals surface area contributed by atoms with Gasteiger partial charge in [0.2, 0.25) is 0 Å². The van der Waals surface area contributed by atoms with Crippen LogP contribution in [0.2, 0.25) is 18.1 Å². The van der Waals surface area contributed by atoms with Gasteiger partial charge in [-0.05, 0) is 25.1 Å². The summed E-state index contributed by atoms with van der Waals surface area (Å²) in [5.74, 6) is 5.74. The van der Waals surface area contributed by atoms with Crippen molar-refractivity contribution in [2.24, 2.45) is 0 Å². The molecule has 0 aromatic heterocycles. The van der Waals surface area contributed by atoms with Crippen molar-refractivity contribution in [2.75, 3.05) is 27.6 Å². The topological polar surface area (TPSA) is 63.2 Å². The van der Waals surface area contributed by atoms with Crippen LogP contribution in [0.3, 0.4) is 0 Å². The molecule has 0 aliphatic rings. The third kappa shape index (κ3) is 8.85. The van der Waals surface area contributed by atoms with Crippen molar-refractivity contribution in [3.8, 4) is 11.8 Å². The van der Waals surface area contributed by atoms with Crippen LogP contribution in [0.4, 0.5) is 4.79 Å². The third-order valence-corrected chi connectivity index (χ3v) is 8.76. The molecular formula is C19H34O6Si. The SMILES string of the molecule is C=C(C)[C@@H](O[Si](C)(C)C(C)(C)C)[C@@H](CC#CCOC(=O)OC)OCOC. The van der Waals surface area contributed by atoms with Crippen LogP contribution in [0.25, 0.3) is 0 Å². The zero-order valence-corrected chi connectivity index (χ0v) is 18.4. The van der Waals surface area contributed by atoms with Gasteiger partial charge in [0.25, 0.3) is 0 Å². The summed E-state index contributed by atoms with van der Waals surface area (Å²) in [5, 5.41) is 0.0620. The molecule has 0 N–H and O–H groups in total. The van der Waals surface area contributed by atoms with Gasteiger partial charge in [0.05, 0.1) is 13.2 Å².